The van der Waals surface area contributed by atoms with Crippen molar-refractivity contribution in [2.24, 2.45) is 5.92 Å². The van der Waals surface area contributed by atoms with Crippen LogP contribution < -0.4 is 4.74 Å². The van der Waals surface area contributed by atoms with E-state index in [0.717, 1.165) is 24.2 Å². The highest BCUT2D eigenvalue weighted by molar-refractivity contribution is 5.97. The molecule has 1 saturated carbocycles. The average molecular weight is 260 g/mol. The standard InChI is InChI=1S/C17H24O2/c1-17(2,3)19-15-11-9-14(10-12-15)16(18)13-7-5-4-6-8-13/h9-13H,4-8H2,1-3H3. The number of hydrogen-bond acceptors (Lipinski definition) is 2. The Labute approximate surface area is 116 Å². The Balaban J connectivity index is 2.03. The lowest BCUT2D eigenvalue weighted by molar-refractivity contribution is 0.0889. The molecule has 104 valence electrons. The number of hydrogen-bond donors (Lipinski definition) is 0. The smallest absolute Gasteiger partial charge is 0.165 e. The molecule has 0 atom stereocenters. The van der Waals surface area contributed by atoms with Gasteiger partial charge in [0.25, 0.3) is 0 Å². The fraction of sp³-hybridized carbons (Fsp3) is 0.588. The molecule has 0 amide bonds. The van der Waals surface area contributed by atoms with Crippen molar-refractivity contribution < 1.29 is 9.53 Å². The number of ether oxygens (including phenoxy) is 1. The molecule has 19 heavy (non-hydrogen) atoms. The highest BCUT2D eigenvalue weighted by Gasteiger charge is 2.22. The second-order valence-corrected chi connectivity index (χ2v) is 6.44. The van der Waals surface area contributed by atoms with Crippen molar-refractivity contribution in [3.05, 3.63) is 29.8 Å². The van der Waals surface area contributed by atoms with Crippen LogP contribution in [0.25, 0.3) is 0 Å². The molecular formula is C17H24O2. The largest absolute Gasteiger partial charge is 0.488 e. The van der Waals surface area contributed by atoms with Gasteiger partial charge in [-0.05, 0) is 57.9 Å². The molecule has 2 heteroatoms. The van der Waals surface area contributed by atoms with Crippen molar-refractivity contribution in [2.45, 2.75) is 58.5 Å². The number of carbonyl (C=O) groups is 1. The Morgan fingerprint density at radius 1 is 1.05 bits per heavy atom. The van der Waals surface area contributed by atoms with E-state index in [1.807, 2.05) is 45.0 Å². The van der Waals surface area contributed by atoms with Gasteiger partial charge in [0, 0.05) is 11.5 Å². The first-order chi connectivity index (χ1) is 8.96. The Morgan fingerprint density at radius 2 is 1.63 bits per heavy atom. The molecule has 1 aliphatic rings. The minimum absolute atomic E-state index is 0.200. The van der Waals surface area contributed by atoms with E-state index in [2.05, 4.69) is 0 Å². The van der Waals surface area contributed by atoms with Crippen LogP contribution in [0.5, 0.6) is 5.75 Å². The molecule has 2 rings (SSSR count). The van der Waals surface area contributed by atoms with E-state index in [9.17, 15) is 4.79 Å². The van der Waals surface area contributed by atoms with Gasteiger partial charge in [0.2, 0.25) is 0 Å². The van der Waals surface area contributed by atoms with Gasteiger partial charge in [-0.25, -0.2) is 0 Å². The Bertz CT molecular complexity index is 420. The van der Waals surface area contributed by atoms with Gasteiger partial charge in [0.15, 0.2) is 5.78 Å². The summed E-state index contributed by atoms with van der Waals surface area (Å²) < 4.78 is 5.77. The summed E-state index contributed by atoms with van der Waals surface area (Å²) in [6.07, 6.45) is 5.78. The minimum Gasteiger partial charge on any atom is -0.488 e. The van der Waals surface area contributed by atoms with Gasteiger partial charge in [-0.3, -0.25) is 4.79 Å². The molecule has 0 aliphatic heterocycles. The Kier molecular flexibility index (Phi) is 4.28. The summed E-state index contributed by atoms with van der Waals surface area (Å²) in [5, 5.41) is 0. The third kappa shape index (κ3) is 4.09. The molecule has 2 nitrogen and oxygen atoms in total. The molecule has 1 aromatic rings. The van der Waals surface area contributed by atoms with Gasteiger partial charge in [0.05, 0.1) is 0 Å². The summed E-state index contributed by atoms with van der Waals surface area (Å²) in [4.78, 5) is 12.4. The van der Waals surface area contributed by atoms with E-state index in [1.165, 1.54) is 19.3 Å². The maximum absolute atomic E-state index is 12.4. The Hall–Kier alpha value is -1.31. The second kappa shape index (κ2) is 5.77. The zero-order chi connectivity index (χ0) is 13.9. The van der Waals surface area contributed by atoms with Crippen molar-refractivity contribution in [2.75, 3.05) is 0 Å². The van der Waals surface area contributed by atoms with Crippen LogP contribution in [0, 0.1) is 5.92 Å². The highest BCUT2D eigenvalue weighted by Crippen LogP contribution is 2.27. The third-order valence-corrected chi connectivity index (χ3v) is 3.54. The fourth-order valence-electron chi connectivity index (χ4n) is 2.64. The van der Waals surface area contributed by atoms with Crippen LogP contribution in [0.3, 0.4) is 0 Å². The summed E-state index contributed by atoms with van der Waals surface area (Å²) in [6, 6.07) is 7.61. The lowest BCUT2D eigenvalue weighted by atomic mass is 9.84. The lowest BCUT2D eigenvalue weighted by Gasteiger charge is -2.22. The number of ketones is 1. The first-order valence-electron chi connectivity index (χ1n) is 7.29. The van der Waals surface area contributed by atoms with Crippen LogP contribution in [-0.4, -0.2) is 11.4 Å². The predicted molar refractivity (Wildman–Crippen MR) is 77.7 cm³/mol. The molecular weight excluding hydrogens is 236 g/mol. The van der Waals surface area contributed by atoms with Gasteiger partial charge >= 0.3 is 0 Å². The molecule has 0 heterocycles. The normalized spacial score (nSPS) is 17.2. The van der Waals surface area contributed by atoms with Crippen molar-refractivity contribution >= 4 is 5.78 Å². The van der Waals surface area contributed by atoms with E-state index < -0.39 is 0 Å². The SMILES string of the molecule is CC(C)(C)Oc1ccc(C(=O)C2CCCCC2)cc1. The number of rotatable bonds is 3. The minimum atomic E-state index is -0.200. The quantitative estimate of drug-likeness (QED) is 0.741. The van der Waals surface area contributed by atoms with Crippen LogP contribution in [0.15, 0.2) is 24.3 Å². The zero-order valence-corrected chi connectivity index (χ0v) is 12.2. The maximum atomic E-state index is 12.4. The van der Waals surface area contributed by atoms with Gasteiger partial charge in [-0.15, -0.1) is 0 Å². The Morgan fingerprint density at radius 3 is 2.16 bits per heavy atom. The predicted octanol–water partition coefficient (Wildman–Crippen LogP) is 4.63. The fourth-order valence-corrected chi connectivity index (χ4v) is 2.64. The average Bonchev–Trinajstić information content (AvgIpc) is 2.38. The lowest BCUT2D eigenvalue weighted by Crippen LogP contribution is -2.23. The molecule has 0 unspecified atom stereocenters. The highest BCUT2D eigenvalue weighted by atomic mass is 16.5. The molecule has 1 fully saturated rings. The first kappa shape index (κ1) is 14.1. The molecule has 0 radical (unpaired) electrons. The van der Waals surface area contributed by atoms with Gasteiger partial charge in [0.1, 0.15) is 11.4 Å². The number of Topliss-reactive ketones (excluding diaryl/α,β-unsaturated/α-hetero) is 1. The molecule has 0 saturated heterocycles. The van der Waals surface area contributed by atoms with Crippen LogP contribution in [0.1, 0.15) is 63.2 Å². The third-order valence-electron chi connectivity index (χ3n) is 3.54. The van der Waals surface area contributed by atoms with Gasteiger partial charge in [-0.2, -0.15) is 0 Å². The summed E-state index contributed by atoms with van der Waals surface area (Å²) >= 11 is 0. The van der Waals surface area contributed by atoms with Crippen molar-refractivity contribution in [3.63, 3.8) is 0 Å². The summed E-state index contributed by atoms with van der Waals surface area (Å²) in [6.45, 7) is 6.07. The monoisotopic (exact) mass is 260 g/mol. The zero-order valence-electron chi connectivity index (χ0n) is 12.2. The van der Waals surface area contributed by atoms with Crippen LogP contribution >= 0.6 is 0 Å². The summed E-state index contributed by atoms with van der Waals surface area (Å²) in [5.41, 5.74) is 0.627. The summed E-state index contributed by atoms with van der Waals surface area (Å²) in [5.74, 6) is 1.37. The number of carbonyl (C=O) groups excluding carboxylic acids is 1. The van der Waals surface area contributed by atoms with Crippen LogP contribution in [-0.2, 0) is 0 Å². The molecule has 0 bridgehead atoms. The summed E-state index contributed by atoms with van der Waals surface area (Å²) in [7, 11) is 0. The molecule has 1 aliphatic carbocycles. The van der Waals surface area contributed by atoms with E-state index in [-0.39, 0.29) is 11.5 Å². The van der Waals surface area contributed by atoms with Gasteiger partial charge < -0.3 is 4.74 Å². The number of benzene rings is 1. The van der Waals surface area contributed by atoms with Gasteiger partial charge in [-0.1, -0.05) is 19.3 Å². The van der Waals surface area contributed by atoms with Crippen molar-refractivity contribution in [1.29, 1.82) is 0 Å². The van der Waals surface area contributed by atoms with Crippen molar-refractivity contribution in [1.82, 2.24) is 0 Å². The van der Waals surface area contributed by atoms with Crippen LogP contribution in [0.4, 0.5) is 0 Å². The van der Waals surface area contributed by atoms with E-state index in [1.54, 1.807) is 0 Å². The van der Waals surface area contributed by atoms with Crippen molar-refractivity contribution in [3.8, 4) is 5.75 Å². The molecule has 1 aromatic carbocycles. The molecule has 0 spiro atoms. The molecule has 0 N–H and O–H groups in total. The van der Waals surface area contributed by atoms with E-state index in [0.29, 0.717) is 5.78 Å². The molecule has 0 aromatic heterocycles. The maximum Gasteiger partial charge on any atom is 0.165 e. The van der Waals surface area contributed by atoms with E-state index in [4.69, 9.17) is 4.74 Å². The van der Waals surface area contributed by atoms with Crippen LogP contribution in [0.2, 0.25) is 0 Å². The first-order valence-corrected chi connectivity index (χ1v) is 7.29. The van der Waals surface area contributed by atoms with E-state index >= 15 is 0 Å². The second-order valence-electron chi connectivity index (χ2n) is 6.44. The topological polar surface area (TPSA) is 26.3 Å².